The number of hydrogen-bond donors (Lipinski definition) is 0. The molecule has 0 aliphatic heterocycles. The van der Waals surface area contributed by atoms with Gasteiger partial charge in [0, 0.05) is 13.6 Å². The summed E-state index contributed by atoms with van der Waals surface area (Å²) >= 11 is 6.18. The predicted octanol–water partition coefficient (Wildman–Crippen LogP) is 4.40. The van der Waals surface area contributed by atoms with Gasteiger partial charge in [-0.15, -0.1) is 0 Å². The largest absolute Gasteiger partial charge is 0.494 e. The molecule has 0 aliphatic carbocycles. The van der Waals surface area contributed by atoms with Crippen molar-refractivity contribution in [1.82, 2.24) is 14.7 Å². The highest BCUT2D eigenvalue weighted by atomic mass is 35.5. The summed E-state index contributed by atoms with van der Waals surface area (Å²) in [6.45, 7) is 5.76. The molecule has 0 N–H and O–H groups in total. The van der Waals surface area contributed by atoms with Crippen LogP contribution in [0.25, 0.3) is 0 Å². The van der Waals surface area contributed by atoms with E-state index in [1.165, 1.54) is 0 Å². The van der Waals surface area contributed by atoms with Crippen molar-refractivity contribution in [3.8, 4) is 11.5 Å². The van der Waals surface area contributed by atoms with Crippen molar-refractivity contribution in [3.05, 3.63) is 64.8 Å². The van der Waals surface area contributed by atoms with Gasteiger partial charge in [-0.25, -0.2) is 0 Å². The average Bonchev–Trinajstić information content (AvgIpc) is 3.34. The number of amides is 1. The predicted molar refractivity (Wildman–Crippen MR) is 109 cm³/mol. The van der Waals surface area contributed by atoms with Gasteiger partial charge in [0.15, 0.2) is 5.76 Å². The molecular weight excluding hydrogens is 394 g/mol. The van der Waals surface area contributed by atoms with Crippen molar-refractivity contribution in [3.63, 3.8) is 0 Å². The van der Waals surface area contributed by atoms with E-state index >= 15 is 0 Å². The summed E-state index contributed by atoms with van der Waals surface area (Å²) in [5, 5.41) is 4.73. The minimum atomic E-state index is -0.239. The van der Waals surface area contributed by atoms with Gasteiger partial charge in [0.05, 0.1) is 30.1 Å². The number of aryl methyl sites for hydroxylation is 1. The summed E-state index contributed by atoms with van der Waals surface area (Å²) in [6, 6.07) is 10.7. The van der Waals surface area contributed by atoms with Gasteiger partial charge in [-0.2, -0.15) is 5.10 Å². The number of aromatic nitrogens is 2. The Hall–Kier alpha value is -2.93. The minimum Gasteiger partial charge on any atom is -0.494 e. The molecule has 154 valence electrons. The van der Waals surface area contributed by atoms with Crippen LogP contribution in [0, 0.1) is 0 Å². The lowest BCUT2D eigenvalue weighted by Crippen LogP contribution is -2.27. The van der Waals surface area contributed by atoms with Gasteiger partial charge in [0.1, 0.15) is 23.9 Å². The van der Waals surface area contributed by atoms with Crippen molar-refractivity contribution in [2.24, 2.45) is 0 Å². The number of furan rings is 1. The van der Waals surface area contributed by atoms with Crippen molar-refractivity contribution >= 4 is 17.5 Å². The Labute approximate surface area is 174 Å². The molecule has 7 nitrogen and oxygen atoms in total. The topological polar surface area (TPSA) is 69.7 Å². The maximum absolute atomic E-state index is 12.7. The SMILES string of the molecule is CCOc1ccc(OCc2ccc(C(=O)N(C)Cc3c(Cl)cnn3CC)o2)cc1. The van der Waals surface area contributed by atoms with Crippen molar-refractivity contribution in [2.45, 2.75) is 33.5 Å². The van der Waals surface area contributed by atoms with Crippen molar-refractivity contribution in [2.75, 3.05) is 13.7 Å². The molecule has 29 heavy (non-hydrogen) atoms. The highest BCUT2D eigenvalue weighted by molar-refractivity contribution is 6.31. The van der Waals surface area contributed by atoms with Crippen LogP contribution in [-0.2, 0) is 19.7 Å². The van der Waals surface area contributed by atoms with Crippen LogP contribution in [0.15, 0.2) is 47.0 Å². The van der Waals surface area contributed by atoms with Crippen LogP contribution < -0.4 is 9.47 Å². The Morgan fingerprint density at radius 3 is 2.48 bits per heavy atom. The number of ether oxygens (including phenoxy) is 2. The van der Waals surface area contributed by atoms with Gasteiger partial charge in [-0.3, -0.25) is 9.48 Å². The quantitative estimate of drug-likeness (QED) is 0.516. The van der Waals surface area contributed by atoms with Crippen molar-refractivity contribution < 1.29 is 18.7 Å². The molecule has 0 saturated carbocycles. The molecule has 2 aromatic heterocycles. The molecule has 0 fully saturated rings. The molecule has 8 heteroatoms. The van der Waals surface area contributed by atoms with Crippen molar-refractivity contribution in [1.29, 1.82) is 0 Å². The zero-order valence-electron chi connectivity index (χ0n) is 16.7. The highest BCUT2D eigenvalue weighted by Crippen LogP contribution is 2.21. The molecule has 3 rings (SSSR count). The first-order valence-electron chi connectivity index (χ1n) is 9.41. The van der Waals surface area contributed by atoms with Gasteiger partial charge < -0.3 is 18.8 Å². The third-order valence-electron chi connectivity index (χ3n) is 4.32. The zero-order chi connectivity index (χ0) is 20.8. The van der Waals surface area contributed by atoms with Crippen LogP contribution in [0.2, 0.25) is 5.02 Å². The maximum atomic E-state index is 12.7. The number of halogens is 1. The second kappa shape index (κ2) is 9.52. The number of nitrogens with zero attached hydrogens (tertiary/aromatic N) is 3. The average molecular weight is 418 g/mol. The molecule has 2 heterocycles. The van der Waals surface area contributed by atoms with E-state index in [0.717, 1.165) is 11.4 Å². The molecule has 1 aromatic carbocycles. The summed E-state index contributed by atoms with van der Waals surface area (Å²) in [5.74, 6) is 2.05. The first-order valence-corrected chi connectivity index (χ1v) is 9.79. The van der Waals surface area contributed by atoms with E-state index < -0.39 is 0 Å². The van der Waals surface area contributed by atoms with E-state index in [2.05, 4.69) is 5.10 Å². The minimum absolute atomic E-state index is 0.222. The summed E-state index contributed by atoms with van der Waals surface area (Å²) in [5.41, 5.74) is 0.788. The number of rotatable bonds is 9. The summed E-state index contributed by atoms with van der Waals surface area (Å²) in [4.78, 5) is 14.2. The standard InChI is InChI=1S/C21H24ClN3O4/c1-4-25-19(18(22)12-23-25)13-24(3)21(26)20-11-10-17(29-20)14-28-16-8-6-15(7-9-16)27-5-2/h6-12H,4-5,13-14H2,1-3H3. The van der Waals surface area contributed by atoms with Gasteiger partial charge >= 0.3 is 0 Å². The van der Waals surface area contributed by atoms with Crippen LogP contribution in [-0.4, -0.2) is 34.2 Å². The van der Waals surface area contributed by atoms with Crippen LogP contribution in [0.4, 0.5) is 0 Å². The Morgan fingerprint density at radius 2 is 1.83 bits per heavy atom. The summed E-state index contributed by atoms with van der Waals surface area (Å²) < 4.78 is 18.5. The Balaban J connectivity index is 1.58. The highest BCUT2D eigenvalue weighted by Gasteiger charge is 2.19. The Bertz CT molecular complexity index is 949. The number of hydrogen-bond acceptors (Lipinski definition) is 5. The van der Waals surface area contributed by atoms with E-state index in [-0.39, 0.29) is 18.3 Å². The number of carbonyl (C=O) groups is 1. The molecule has 0 radical (unpaired) electrons. The van der Waals surface area contributed by atoms with Crippen LogP contribution in [0.3, 0.4) is 0 Å². The maximum Gasteiger partial charge on any atom is 0.289 e. The number of carbonyl (C=O) groups excluding carboxylic acids is 1. The van der Waals surface area contributed by atoms with Crippen LogP contribution >= 0.6 is 11.6 Å². The number of benzene rings is 1. The first kappa shape index (κ1) is 20.8. The molecule has 0 bridgehead atoms. The molecule has 0 saturated heterocycles. The molecule has 0 spiro atoms. The van der Waals surface area contributed by atoms with Gasteiger partial charge in [0.2, 0.25) is 0 Å². The lowest BCUT2D eigenvalue weighted by molar-refractivity contribution is 0.0745. The fourth-order valence-electron chi connectivity index (χ4n) is 2.83. The molecule has 1 amide bonds. The molecular formula is C21H24ClN3O4. The lowest BCUT2D eigenvalue weighted by Gasteiger charge is -2.16. The monoisotopic (exact) mass is 417 g/mol. The Kier molecular flexibility index (Phi) is 6.82. The fourth-order valence-corrected chi connectivity index (χ4v) is 3.03. The van der Waals surface area contributed by atoms with Crippen LogP contribution in [0.1, 0.15) is 35.9 Å². The molecule has 3 aromatic rings. The summed E-state index contributed by atoms with van der Waals surface area (Å²) in [7, 11) is 1.70. The second-order valence-corrected chi connectivity index (χ2v) is 6.78. The van der Waals surface area contributed by atoms with Gasteiger partial charge in [-0.1, -0.05) is 11.6 Å². The van der Waals surface area contributed by atoms with E-state index in [9.17, 15) is 4.79 Å². The zero-order valence-corrected chi connectivity index (χ0v) is 17.5. The van der Waals surface area contributed by atoms with Crippen LogP contribution in [0.5, 0.6) is 11.5 Å². The van der Waals surface area contributed by atoms with E-state index in [1.54, 1.807) is 35.0 Å². The smallest absolute Gasteiger partial charge is 0.289 e. The molecule has 0 atom stereocenters. The van der Waals surface area contributed by atoms with Gasteiger partial charge in [-0.05, 0) is 50.2 Å². The van der Waals surface area contributed by atoms with E-state index in [0.29, 0.717) is 36.2 Å². The van der Waals surface area contributed by atoms with E-state index in [1.807, 2.05) is 38.1 Å². The normalized spacial score (nSPS) is 10.8. The van der Waals surface area contributed by atoms with E-state index in [4.69, 9.17) is 25.5 Å². The summed E-state index contributed by atoms with van der Waals surface area (Å²) in [6.07, 6.45) is 1.59. The third-order valence-corrected chi connectivity index (χ3v) is 4.63. The first-order chi connectivity index (χ1) is 14.0. The van der Waals surface area contributed by atoms with Gasteiger partial charge in [0.25, 0.3) is 5.91 Å². The lowest BCUT2D eigenvalue weighted by atomic mass is 10.3. The fraction of sp³-hybridized carbons (Fsp3) is 0.333. The molecule has 0 unspecified atom stereocenters. The molecule has 0 aliphatic rings. The second-order valence-electron chi connectivity index (χ2n) is 6.38. The third kappa shape index (κ3) is 5.12. The Morgan fingerprint density at radius 1 is 1.14 bits per heavy atom.